The molecule has 0 unspecified atom stereocenters. The highest BCUT2D eigenvalue weighted by Gasteiger charge is 2.40. The molecule has 2 saturated heterocycles. The molecule has 3 heterocycles. The van der Waals surface area contributed by atoms with Crippen LogP contribution in [0.2, 0.25) is 0 Å². The lowest BCUT2D eigenvalue weighted by atomic mass is 10.0. The third kappa shape index (κ3) is 3.59. The van der Waals surface area contributed by atoms with E-state index in [1.807, 2.05) is 0 Å². The molecule has 0 aliphatic carbocycles. The van der Waals surface area contributed by atoms with Crippen LogP contribution in [-0.2, 0) is 0 Å². The van der Waals surface area contributed by atoms with E-state index in [0.29, 0.717) is 26.1 Å². The van der Waals surface area contributed by atoms with Crippen molar-refractivity contribution in [2.24, 2.45) is 0 Å². The molecule has 0 aromatic carbocycles. The number of methoxy groups -OCH3 is 2. The molecule has 0 radical (unpaired) electrons. The Labute approximate surface area is 141 Å². The molecule has 132 valence electrons. The van der Waals surface area contributed by atoms with Gasteiger partial charge in [0.25, 0.3) is 5.91 Å². The molecule has 24 heavy (non-hydrogen) atoms. The summed E-state index contributed by atoms with van der Waals surface area (Å²) in [6, 6.07) is 1.58. The second-order valence-electron chi connectivity index (χ2n) is 6.47. The lowest BCUT2D eigenvalue weighted by Crippen LogP contribution is -2.45. The second-order valence-corrected chi connectivity index (χ2v) is 6.47. The smallest absolute Gasteiger partial charge is 0.320 e. The predicted molar refractivity (Wildman–Crippen MR) is 86.3 cm³/mol. The summed E-state index contributed by atoms with van der Waals surface area (Å²) in [5.74, 6) is 0.0306. The van der Waals surface area contributed by atoms with E-state index >= 15 is 0 Å². The van der Waals surface area contributed by atoms with E-state index in [1.54, 1.807) is 4.90 Å². The molecule has 1 N–H and O–H groups in total. The van der Waals surface area contributed by atoms with Gasteiger partial charge >= 0.3 is 6.01 Å². The van der Waals surface area contributed by atoms with Crippen LogP contribution in [0.5, 0.6) is 11.9 Å². The van der Waals surface area contributed by atoms with Gasteiger partial charge in [0.1, 0.15) is 5.69 Å². The summed E-state index contributed by atoms with van der Waals surface area (Å²) in [6.45, 7) is 3.50. The summed E-state index contributed by atoms with van der Waals surface area (Å²) < 4.78 is 10.1. The summed E-state index contributed by atoms with van der Waals surface area (Å²) >= 11 is 0. The first kappa shape index (κ1) is 16.9. The maximum absolute atomic E-state index is 12.7. The van der Waals surface area contributed by atoms with Crippen molar-refractivity contribution in [1.29, 1.82) is 0 Å². The van der Waals surface area contributed by atoms with Crippen LogP contribution < -0.4 is 9.47 Å². The number of hydrogen-bond acceptors (Lipinski definition) is 7. The Bertz CT molecular complexity index is 583. The SMILES string of the molecule is COc1cc(C(=O)N2CC[C@](O)(CN3CCCC3)C2)nc(OC)n1. The highest BCUT2D eigenvalue weighted by Crippen LogP contribution is 2.26. The molecule has 3 rings (SSSR count). The van der Waals surface area contributed by atoms with Crippen molar-refractivity contribution in [1.82, 2.24) is 19.8 Å². The zero-order valence-corrected chi connectivity index (χ0v) is 14.2. The van der Waals surface area contributed by atoms with Crippen molar-refractivity contribution in [2.75, 3.05) is 46.9 Å². The number of amides is 1. The fourth-order valence-electron chi connectivity index (χ4n) is 3.39. The van der Waals surface area contributed by atoms with Gasteiger partial charge in [-0.05, 0) is 32.4 Å². The Morgan fingerprint density at radius 2 is 2.00 bits per heavy atom. The molecule has 0 bridgehead atoms. The van der Waals surface area contributed by atoms with Gasteiger partial charge in [-0.3, -0.25) is 4.79 Å². The van der Waals surface area contributed by atoms with E-state index in [1.165, 1.54) is 33.1 Å². The molecule has 1 amide bonds. The van der Waals surface area contributed by atoms with Crippen LogP contribution in [0.15, 0.2) is 6.07 Å². The van der Waals surface area contributed by atoms with Crippen LogP contribution in [0.4, 0.5) is 0 Å². The quantitative estimate of drug-likeness (QED) is 0.820. The highest BCUT2D eigenvalue weighted by atomic mass is 16.5. The van der Waals surface area contributed by atoms with E-state index in [2.05, 4.69) is 14.9 Å². The average molecular weight is 336 g/mol. The summed E-state index contributed by atoms with van der Waals surface area (Å²) in [5, 5.41) is 10.8. The standard InChI is InChI=1S/C16H24N4O4/c1-23-13-9-12(17-15(18-13)24-2)14(21)20-8-5-16(22,11-20)10-19-6-3-4-7-19/h9,22H,3-8,10-11H2,1-2H3/t16-/m0/s1. The van der Waals surface area contributed by atoms with Crippen LogP contribution >= 0.6 is 0 Å². The first-order valence-corrected chi connectivity index (χ1v) is 8.24. The second kappa shape index (κ2) is 6.90. The zero-order valence-electron chi connectivity index (χ0n) is 14.2. The normalized spacial score (nSPS) is 24.4. The molecule has 2 fully saturated rings. The van der Waals surface area contributed by atoms with Crippen LogP contribution in [0.3, 0.4) is 0 Å². The van der Waals surface area contributed by atoms with Crippen molar-refractivity contribution in [3.8, 4) is 11.9 Å². The van der Waals surface area contributed by atoms with Gasteiger partial charge in [-0.1, -0.05) is 0 Å². The van der Waals surface area contributed by atoms with E-state index in [9.17, 15) is 9.90 Å². The van der Waals surface area contributed by atoms with E-state index in [-0.39, 0.29) is 23.5 Å². The predicted octanol–water partition coefficient (Wildman–Crippen LogP) is 0.167. The molecule has 2 aliphatic heterocycles. The Balaban J connectivity index is 1.69. The minimum absolute atomic E-state index is 0.0872. The maximum atomic E-state index is 12.7. The van der Waals surface area contributed by atoms with Crippen molar-refractivity contribution < 1.29 is 19.4 Å². The van der Waals surface area contributed by atoms with Gasteiger partial charge in [0, 0.05) is 19.2 Å². The molecular weight excluding hydrogens is 312 g/mol. The monoisotopic (exact) mass is 336 g/mol. The molecule has 1 aromatic rings. The van der Waals surface area contributed by atoms with E-state index < -0.39 is 5.60 Å². The van der Waals surface area contributed by atoms with Crippen LogP contribution in [0.25, 0.3) is 0 Å². The number of nitrogens with zero attached hydrogens (tertiary/aromatic N) is 4. The number of ether oxygens (including phenoxy) is 2. The van der Waals surface area contributed by atoms with Gasteiger partial charge in [0.05, 0.1) is 26.4 Å². The Kier molecular flexibility index (Phi) is 4.86. The van der Waals surface area contributed by atoms with Gasteiger partial charge in [-0.25, -0.2) is 0 Å². The summed E-state index contributed by atoms with van der Waals surface area (Å²) in [5.41, 5.74) is -0.634. The Morgan fingerprint density at radius 3 is 2.67 bits per heavy atom. The van der Waals surface area contributed by atoms with Crippen LogP contribution in [0, 0.1) is 0 Å². The lowest BCUT2D eigenvalue weighted by molar-refractivity contribution is 0.0174. The minimum atomic E-state index is -0.846. The molecule has 0 spiro atoms. The Morgan fingerprint density at radius 1 is 1.25 bits per heavy atom. The molecule has 1 atom stereocenters. The molecule has 0 saturated carbocycles. The molecule has 8 nitrogen and oxygen atoms in total. The van der Waals surface area contributed by atoms with Crippen molar-refractivity contribution in [3.05, 3.63) is 11.8 Å². The van der Waals surface area contributed by atoms with Gasteiger partial charge in [0.2, 0.25) is 5.88 Å². The number of rotatable bonds is 5. The fourth-order valence-corrected chi connectivity index (χ4v) is 3.39. The largest absolute Gasteiger partial charge is 0.481 e. The van der Waals surface area contributed by atoms with Crippen LogP contribution in [-0.4, -0.2) is 83.3 Å². The third-order valence-corrected chi connectivity index (χ3v) is 4.63. The van der Waals surface area contributed by atoms with Crippen LogP contribution in [0.1, 0.15) is 29.8 Å². The van der Waals surface area contributed by atoms with Crippen molar-refractivity contribution in [2.45, 2.75) is 24.9 Å². The lowest BCUT2D eigenvalue weighted by Gasteiger charge is -2.28. The number of hydrogen-bond donors (Lipinski definition) is 1. The third-order valence-electron chi connectivity index (χ3n) is 4.63. The fraction of sp³-hybridized carbons (Fsp3) is 0.688. The number of carbonyl (C=O) groups is 1. The summed E-state index contributed by atoms with van der Waals surface area (Å²) in [6.07, 6.45) is 2.94. The molecular formula is C16H24N4O4. The van der Waals surface area contributed by atoms with E-state index in [4.69, 9.17) is 9.47 Å². The number of aromatic nitrogens is 2. The first-order chi connectivity index (χ1) is 11.5. The molecule has 1 aromatic heterocycles. The van der Waals surface area contributed by atoms with Crippen molar-refractivity contribution in [3.63, 3.8) is 0 Å². The van der Waals surface area contributed by atoms with Gasteiger partial charge in [-0.2, -0.15) is 9.97 Å². The molecule has 2 aliphatic rings. The topological polar surface area (TPSA) is 88.0 Å². The summed E-state index contributed by atoms with van der Waals surface area (Å²) in [7, 11) is 2.91. The average Bonchev–Trinajstić information content (AvgIpc) is 3.23. The van der Waals surface area contributed by atoms with E-state index in [0.717, 1.165) is 13.1 Å². The minimum Gasteiger partial charge on any atom is -0.481 e. The Hall–Kier alpha value is -1.93. The number of likely N-dealkylation sites (tertiary alicyclic amines) is 2. The zero-order chi connectivity index (χ0) is 17.2. The van der Waals surface area contributed by atoms with Gasteiger partial charge in [0.15, 0.2) is 0 Å². The number of carbonyl (C=O) groups excluding carboxylic acids is 1. The maximum Gasteiger partial charge on any atom is 0.320 e. The highest BCUT2D eigenvalue weighted by molar-refractivity contribution is 5.93. The number of β-amino-alcohol motifs (C(OH)–C–C–N with tert-alkyl or cyclic N) is 1. The number of aliphatic hydroxyl groups is 1. The van der Waals surface area contributed by atoms with Gasteiger partial charge in [-0.15, -0.1) is 0 Å². The summed E-state index contributed by atoms with van der Waals surface area (Å²) in [4.78, 5) is 24.7. The van der Waals surface area contributed by atoms with Gasteiger partial charge < -0.3 is 24.4 Å². The molecule has 8 heteroatoms. The first-order valence-electron chi connectivity index (χ1n) is 8.24. The van der Waals surface area contributed by atoms with Crippen molar-refractivity contribution >= 4 is 5.91 Å².